The van der Waals surface area contributed by atoms with Gasteiger partial charge >= 0.3 is 0 Å². The summed E-state index contributed by atoms with van der Waals surface area (Å²) in [6.07, 6.45) is 2.92. The van der Waals surface area contributed by atoms with Crippen LogP contribution in [-0.4, -0.2) is 39.9 Å². The average molecular weight is 281 g/mol. The van der Waals surface area contributed by atoms with Crippen molar-refractivity contribution < 1.29 is 10.2 Å². The highest BCUT2D eigenvalue weighted by atomic mass is 32.2. The van der Waals surface area contributed by atoms with Crippen LogP contribution >= 0.6 is 11.8 Å². The van der Waals surface area contributed by atoms with E-state index in [1.807, 2.05) is 23.9 Å². The smallest absolute Gasteiger partial charge is 0.115 e. The number of rotatable bonds is 6. The van der Waals surface area contributed by atoms with Gasteiger partial charge in [-0.2, -0.15) is 11.8 Å². The number of phenols is 1. The van der Waals surface area contributed by atoms with Gasteiger partial charge in [0.25, 0.3) is 0 Å². The van der Waals surface area contributed by atoms with Crippen LogP contribution in [0.25, 0.3) is 0 Å². The van der Waals surface area contributed by atoms with Crippen molar-refractivity contribution in [3.8, 4) is 5.75 Å². The second kappa shape index (κ2) is 6.64. The van der Waals surface area contributed by atoms with Gasteiger partial charge in [0, 0.05) is 18.3 Å². The molecule has 0 aromatic heterocycles. The van der Waals surface area contributed by atoms with Crippen LogP contribution in [0.15, 0.2) is 24.3 Å². The lowest BCUT2D eigenvalue weighted by atomic mass is 10.0. The summed E-state index contributed by atoms with van der Waals surface area (Å²) in [4.78, 5) is 0. The zero-order valence-electron chi connectivity index (χ0n) is 11.4. The van der Waals surface area contributed by atoms with Crippen LogP contribution < -0.4 is 5.32 Å². The molecule has 1 aliphatic rings. The number of aliphatic hydroxyl groups is 1. The van der Waals surface area contributed by atoms with Gasteiger partial charge in [-0.1, -0.05) is 12.1 Å². The van der Waals surface area contributed by atoms with Gasteiger partial charge in [-0.05, 0) is 49.6 Å². The van der Waals surface area contributed by atoms with Crippen molar-refractivity contribution in [3.63, 3.8) is 0 Å². The summed E-state index contributed by atoms with van der Waals surface area (Å²) < 4.78 is 0. The Balaban J connectivity index is 1.69. The molecule has 4 heteroatoms. The van der Waals surface area contributed by atoms with Crippen molar-refractivity contribution in [2.75, 3.05) is 18.1 Å². The predicted molar refractivity (Wildman–Crippen MR) is 80.8 cm³/mol. The lowest BCUT2D eigenvalue weighted by Gasteiger charge is -2.24. The lowest BCUT2D eigenvalue weighted by molar-refractivity contribution is 0.0649. The van der Waals surface area contributed by atoms with Crippen molar-refractivity contribution in [1.82, 2.24) is 5.32 Å². The molecule has 3 nitrogen and oxygen atoms in total. The summed E-state index contributed by atoms with van der Waals surface area (Å²) in [6, 6.07) is 7.77. The Hall–Kier alpha value is -0.710. The number of hydrogen-bond acceptors (Lipinski definition) is 4. The molecule has 1 aromatic rings. The van der Waals surface area contributed by atoms with Gasteiger partial charge in [0.1, 0.15) is 5.75 Å². The summed E-state index contributed by atoms with van der Waals surface area (Å²) >= 11 is 1.83. The maximum absolute atomic E-state index is 10.2. The standard InChI is InChI=1S/C15H23NO2S/c1-12(16-10-15(18)8-9-19-11-15)2-3-13-4-6-14(17)7-5-13/h4-7,12,16-18H,2-3,8-11H2,1H3/t12-,15+/m1/s1. The Morgan fingerprint density at radius 2 is 2.11 bits per heavy atom. The average Bonchev–Trinajstić information content (AvgIpc) is 2.83. The molecule has 1 fully saturated rings. The summed E-state index contributed by atoms with van der Waals surface area (Å²) in [6.45, 7) is 2.85. The Morgan fingerprint density at radius 1 is 1.37 bits per heavy atom. The molecule has 0 bridgehead atoms. The third-order valence-corrected chi connectivity index (χ3v) is 4.90. The van der Waals surface area contributed by atoms with E-state index in [2.05, 4.69) is 12.2 Å². The van der Waals surface area contributed by atoms with E-state index in [4.69, 9.17) is 0 Å². The molecule has 1 aliphatic heterocycles. The van der Waals surface area contributed by atoms with Gasteiger partial charge in [0.05, 0.1) is 5.60 Å². The normalized spacial score (nSPS) is 24.5. The molecule has 106 valence electrons. The van der Waals surface area contributed by atoms with Gasteiger partial charge in [0.15, 0.2) is 0 Å². The highest BCUT2D eigenvalue weighted by Crippen LogP contribution is 2.27. The quantitative estimate of drug-likeness (QED) is 0.748. The number of hydrogen-bond donors (Lipinski definition) is 3. The van der Waals surface area contributed by atoms with E-state index < -0.39 is 5.60 Å². The fourth-order valence-electron chi connectivity index (χ4n) is 2.25. The third kappa shape index (κ3) is 4.71. The van der Waals surface area contributed by atoms with Gasteiger partial charge in [-0.15, -0.1) is 0 Å². The molecule has 0 saturated carbocycles. The molecule has 2 rings (SSSR count). The van der Waals surface area contributed by atoms with Gasteiger partial charge in [0.2, 0.25) is 0 Å². The Bertz CT molecular complexity index is 388. The Kier molecular flexibility index (Phi) is 5.13. The number of nitrogens with one attached hydrogen (secondary N) is 1. The van der Waals surface area contributed by atoms with Crippen molar-refractivity contribution in [1.29, 1.82) is 0 Å². The Labute approximate surface area is 119 Å². The van der Waals surface area contributed by atoms with E-state index in [1.54, 1.807) is 12.1 Å². The largest absolute Gasteiger partial charge is 0.508 e. The fourth-order valence-corrected chi connectivity index (χ4v) is 3.54. The third-order valence-electron chi connectivity index (χ3n) is 3.66. The maximum atomic E-state index is 10.2. The minimum absolute atomic E-state index is 0.316. The van der Waals surface area contributed by atoms with Crippen LogP contribution in [0.1, 0.15) is 25.3 Å². The molecule has 0 radical (unpaired) electrons. The summed E-state index contributed by atoms with van der Waals surface area (Å²) in [7, 11) is 0. The zero-order valence-corrected chi connectivity index (χ0v) is 12.2. The van der Waals surface area contributed by atoms with E-state index in [9.17, 15) is 10.2 Å². The van der Waals surface area contributed by atoms with Crippen LogP contribution in [0.5, 0.6) is 5.75 Å². The highest BCUT2D eigenvalue weighted by Gasteiger charge is 2.31. The molecule has 3 N–H and O–H groups in total. The summed E-state index contributed by atoms with van der Waals surface area (Å²) in [5.41, 5.74) is 0.735. The van der Waals surface area contributed by atoms with Crippen LogP contribution in [-0.2, 0) is 6.42 Å². The first-order chi connectivity index (χ1) is 9.07. The van der Waals surface area contributed by atoms with Gasteiger partial charge in [-0.3, -0.25) is 0 Å². The SMILES string of the molecule is C[C@H](CCc1ccc(O)cc1)NC[C@@]1(O)CCSC1. The van der Waals surface area contributed by atoms with Crippen molar-refractivity contribution >= 4 is 11.8 Å². The molecular weight excluding hydrogens is 258 g/mol. The molecule has 0 spiro atoms. The highest BCUT2D eigenvalue weighted by molar-refractivity contribution is 7.99. The van der Waals surface area contributed by atoms with E-state index in [0.29, 0.717) is 18.3 Å². The number of aryl methyl sites for hydroxylation is 1. The molecule has 19 heavy (non-hydrogen) atoms. The summed E-state index contributed by atoms with van der Waals surface area (Å²) in [5, 5.41) is 22.9. The number of phenolic OH excluding ortho intramolecular Hbond substituents is 1. The first-order valence-corrected chi connectivity index (χ1v) is 8.04. The molecule has 2 atom stereocenters. The predicted octanol–water partition coefficient (Wildman–Crippen LogP) is 2.17. The van der Waals surface area contributed by atoms with E-state index >= 15 is 0 Å². The number of benzene rings is 1. The maximum Gasteiger partial charge on any atom is 0.115 e. The number of thioether (sulfide) groups is 1. The molecule has 1 saturated heterocycles. The lowest BCUT2D eigenvalue weighted by Crippen LogP contribution is -2.43. The molecule has 0 amide bonds. The van der Waals surface area contributed by atoms with Crippen molar-refractivity contribution in [2.24, 2.45) is 0 Å². The van der Waals surface area contributed by atoms with Gasteiger partial charge < -0.3 is 15.5 Å². The van der Waals surface area contributed by atoms with Crippen LogP contribution in [0.3, 0.4) is 0 Å². The van der Waals surface area contributed by atoms with E-state index in [-0.39, 0.29) is 0 Å². The minimum atomic E-state index is -0.503. The van der Waals surface area contributed by atoms with E-state index in [1.165, 1.54) is 5.56 Å². The second-order valence-corrected chi connectivity index (χ2v) is 6.62. The van der Waals surface area contributed by atoms with Crippen LogP contribution in [0, 0.1) is 0 Å². The molecular formula is C15H23NO2S. The minimum Gasteiger partial charge on any atom is -0.508 e. The molecule has 0 unspecified atom stereocenters. The first-order valence-electron chi connectivity index (χ1n) is 6.89. The van der Waals surface area contributed by atoms with Crippen LogP contribution in [0.4, 0.5) is 0 Å². The van der Waals surface area contributed by atoms with Gasteiger partial charge in [-0.25, -0.2) is 0 Å². The topological polar surface area (TPSA) is 52.5 Å². The van der Waals surface area contributed by atoms with Crippen molar-refractivity contribution in [3.05, 3.63) is 29.8 Å². The number of aromatic hydroxyl groups is 1. The summed E-state index contributed by atoms with van der Waals surface area (Å²) in [5.74, 6) is 2.24. The van der Waals surface area contributed by atoms with E-state index in [0.717, 1.165) is 30.8 Å². The second-order valence-electron chi connectivity index (χ2n) is 5.51. The monoisotopic (exact) mass is 281 g/mol. The van der Waals surface area contributed by atoms with Crippen LogP contribution in [0.2, 0.25) is 0 Å². The zero-order chi connectivity index (χ0) is 13.7. The molecule has 0 aliphatic carbocycles. The molecule has 1 heterocycles. The molecule has 1 aromatic carbocycles. The fraction of sp³-hybridized carbons (Fsp3) is 0.600. The Morgan fingerprint density at radius 3 is 2.74 bits per heavy atom. The first kappa shape index (κ1) is 14.7. The van der Waals surface area contributed by atoms with Crippen molar-refractivity contribution in [2.45, 2.75) is 37.8 Å².